The van der Waals surface area contributed by atoms with Crippen LogP contribution < -0.4 is 0 Å². The van der Waals surface area contributed by atoms with Crippen LogP contribution in [0.3, 0.4) is 0 Å². The molecular formula is C13H20N2O2. The van der Waals surface area contributed by atoms with Gasteiger partial charge < -0.3 is 9.64 Å². The van der Waals surface area contributed by atoms with E-state index in [1.807, 2.05) is 39.8 Å². The van der Waals surface area contributed by atoms with Gasteiger partial charge in [0.05, 0.1) is 6.10 Å². The minimum Gasteiger partial charge on any atom is -0.447 e. The highest BCUT2D eigenvalue weighted by atomic mass is 16.6. The van der Waals surface area contributed by atoms with Gasteiger partial charge in [-0.15, -0.1) is 0 Å². The van der Waals surface area contributed by atoms with E-state index >= 15 is 0 Å². The number of carbonyl (C=O) groups excluding carboxylic acids is 1. The molecule has 0 aliphatic heterocycles. The summed E-state index contributed by atoms with van der Waals surface area (Å²) in [6.07, 6.45) is 3.08. The van der Waals surface area contributed by atoms with Gasteiger partial charge in [-0.25, -0.2) is 4.79 Å². The monoisotopic (exact) mass is 236 g/mol. The topological polar surface area (TPSA) is 42.4 Å². The van der Waals surface area contributed by atoms with Crippen molar-refractivity contribution in [3.8, 4) is 0 Å². The molecule has 0 radical (unpaired) electrons. The Hall–Kier alpha value is -1.58. The van der Waals surface area contributed by atoms with E-state index in [4.69, 9.17) is 4.74 Å². The molecule has 0 N–H and O–H groups in total. The van der Waals surface area contributed by atoms with Gasteiger partial charge in [0.2, 0.25) is 0 Å². The zero-order valence-electron chi connectivity index (χ0n) is 10.9. The highest BCUT2D eigenvalue weighted by Crippen LogP contribution is 2.10. The quantitative estimate of drug-likeness (QED) is 0.807. The van der Waals surface area contributed by atoms with Crippen molar-refractivity contribution in [3.63, 3.8) is 0 Å². The first-order chi connectivity index (χ1) is 8.00. The average Bonchev–Trinajstić information content (AvgIpc) is 2.25. The molecule has 0 saturated heterocycles. The van der Waals surface area contributed by atoms with Gasteiger partial charge in [-0.1, -0.05) is 0 Å². The van der Waals surface area contributed by atoms with Gasteiger partial charge in [-0.3, -0.25) is 4.98 Å². The van der Waals surface area contributed by atoms with Gasteiger partial charge in [0.15, 0.2) is 0 Å². The lowest BCUT2D eigenvalue weighted by Crippen LogP contribution is -2.37. The molecule has 0 aliphatic rings. The first-order valence-corrected chi connectivity index (χ1v) is 5.87. The maximum atomic E-state index is 11.9. The van der Waals surface area contributed by atoms with Crippen molar-refractivity contribution < 1.29 is 9.53 Å². The molecule has 1 amide bonds. The molecule has 0 saturated carbocycles. The Bertz CT molecular complexity index is 350. The Morgan fingerprint density at radius 1 is 1.29 bits per heavy atom. The average molecular weight is 236 g/mol. The molecule has 17 heavy (non-hydrogen) atoms. The van der Waals surface area contributed by atoms with Gasteiger partial charge in [0, 0.05) is 25.0 Å². The molecule has 1 rings (SSSR count). The van der Waals surface area contributed by atoms with Crippen molar-refractivity contribution >= 4 is 6.09 Å². The molecule has 1 aromatic rings. The lowest BCUT2D eigenvalue weighted by molar-refractivity contribution is 0.0652. The van der Waals surface area contributed by atoms with Crippen molar-refractivity contribution in [2.24, 2.45) is 0 Å². The summed E-state index contributed by atoms with van der Waals surface area (Å²) in [6.45, 7) is 8.20. The summed E-state index contributed by atoms with van der Waals surface area (Å²) in [5, 5.41) is 0. The van der Waals surface area contributed by atoms with Crippen LogP contribution in [-0.2, 0) is 11.3 Å². The molecule has 0 aliphatic carbocycles. The molecule has 94 valence electrons. The van der Waals surface area contributed by atoms with Crippen LogP contribution in [0.15, 0.2) is 24.5 Å². The molecule has 4 nitrogen and oxygen atoms in total. The summed E-state index contributed by atoms with van der Waals surface area (Å²) < 4.78 is 5.22. The Morgan fingerprint density at radius 3 is 2.35 bits per heavy atom. The SMILES string of the molecule is CC(C)OC(=O)N(Cc1ccncc1)C(C)C. The number of amides is 1. The van der Waals surface area contributed by atoms with E-state index in [1.165, 1.54) is 0 Å². The van der Waals surface area contributed by atoms with Gasteiger partial charge >= 0.3 is 6.09 Å². The molecule has 0 bridgehead atoms. The predicted octanol–water partition coefficient (Wildman–Crippen LogP) is 2.84. The number of rotatable bonds is 4. The molecule has 1 aromatic heterocycles. The van der Waals surface area contributed by atoms with Crippen LogP contribution in [0.25, 0.3) is 0 Å². The van der Waals surface area contributed by atoms with Crippen molar-refractivity contribution in [2.45, 2.75) is 46.4 Å². The van der Waals surface area contributed by atoms with Gasteiger partial charge in [-0.05, 0) is 45.4 Å². The number of aromatic nitrogens is 1. The maximum Gasteiger partial charge on any atom is 0.410 e. The smallest absolute Gasteiger partial charge is 0.410 e. The fraction of sp³-hybridized carbons (Fsp3) is 0.538. The van der Waals surface area contributed by atoms with Crippen LogP contribution in [-0.4, -0.2) is 28.1 Å². The zero-order chi connectivity index (χ0) is 12.8. The van der Waals surface area contributed by atoms with Crippen molar-refractivity contribution in [2.75, 3.05) is 0 Å². The number of carbonyl (C=O) groups is 1. The zero-order valence-corrected chi connectivity index (χ0v) is 10.9. The summed E-state index contributed by atoms with van der Waals surface area (Å²) in [6, 6.07) is 3.91. The standard InChI is InChI=1S/C13H20N2O2/c1-10(2)15(13(16)17-11(3)4)9-12-5-7-14-8-6-12/h5-8,10-11H,9H2,1-4H3. The lowest BCUT2D eigenvalue weighted by Gasteiger charge is -2.27. The van der Waals surface area contributed by atoms with E-state index in [1.54, 1.807) is 17.3 Å². The Balaban J connectivity index is 2.70. The summed E-state index contributed by atoms with van der Waals surface area (Å²) in [7, 11) is 0. The van der Waals surface area contributed by atoms with Crippen molar-refractivity contribution in [3.05, 3.63) is 30.1 Å². The fourth-order valence-corrected chi connectivity index (χ4v) is 1.41. The third kappa shape index (κ3) is 4.43. The molecule has 0 unspecified atom stereocenters. The second-order valence-corrected chi connectivity index (χ2v) is 4.51. The first kappa shape index (κ1) is 13.5. The molecule has 0 atom stereocenters. The second kappa shape index (κ2) is 6.23. The molecule has 0 spiro atoms. The predicted molar refractivity (Wildman–Crippen MR) is 66.5 cm³/mol. The molecule has 1 heterocycles. The lowest BCUT2D eigenvalue weighted by atomic mass is 10.2. The van der Waals surface area contributed by atoms with Crippen LogP contribution in [0, 0.1) is 0 Å². The normalized spacial score (nSPS) is 10.7. The van der Waals surface area contributed by atoms with Crippen LogP contribution >= 0.6 is 0 Å². The van der Waals surface area contributed by atoms with Crippen molar-refractivity contribution in [1.82, 2.24) is 9.88 Å². The summed E-state index contributed by atoms with van der Waals surface area (Å²) >= 11 is 0. The minimum absolute atomic E-state index is 0.0961. The van der Waals surface area contributed by atoms with E-state index < -0.39 is 0 Å². The van der Waals surface area contributed by atoms with E-state index in [9.17, 15) is 4.79 Å². The molecule has 4 heteroatoms. The van der Waals surface area contributed by atoms with Crippen LogP contribution in [0.2, 0.25) is 0 Å². The number of pyridine rings is 1. The number of hydrogen-bond acceptors (Lipinski definition) is 3. The van der Waals surface area contributed by atoms with Crippen LogP contribution in [0.5, 0.6) is 0 Å². The molecular weight excluding hydrogens is 216 g/mol. The molecule has 0 fully saturated rings. The highest BCUT2D eigenvalue weighted by molar-refractivity contribution is 5.68. The second-order valence-electron chi connectivity index (χ2n) is 4.51. The van der Waals surface area contributed by atoms with E-state index in [-0.39, 0.29) is 18.2 Å². The number of nitrogens with zero attached hydrogens (tertiary/aromatic N) is 2. The van der Waals surface area contributed by atoms with E-state index in [0.717, 1.165) is 5.56 Å². The Labute approximate surface area is 103 Å². The number of hydrogen-bond donors (Lipinski definition) is 0. The van der Waals surface area contributed by atoms with Crippen LogP contribution in [0.4, 0.5) is 4.79 Å². The first-order valence-electron chi connectivity index (χ1n) is 5.87. The summed E-state index contributed by atoms with van der Waals surface area (Å²) in [5.74, 6) is 0. The van der Waals surface area contributed by atoms with E-state index in [0.29, 0.717) is 6.54 Å². The Morgan fingerprint density at radius 2 is 1.88 bits per heavy atom. The third-order valence-corrected chi connectivity index (χ3v) is 2.30. The summed E-state index contributed by atoms with van der Waals surface area (Å²) in [5.41, 5.74) is 1.05. The summed E-state index contributed by atoms with van der Waals surface area (Å²) in [4.78, 5) is 17.5. The fourth-order valence-electron chi connectivity index (χ4n) is 1.41. The van der Waals surface area contributed by atoms with Crippen molar-refractivity contribution in [1.29, 1.82) is 0 Å². The van der Waals surface area contributed by atoms with Gasteiger partial charge in [0.1, 0.15) is 0 Å². The minimum atomic E-state index is -0.271. The molecule has 0 aromatic carbocycles. The van der Waals surface area contributed by atoms with Gasteiger partial charge in [-0.2, -0.15) is 0 Å². The van der Waals surface area contributed by atoms with Crippen LogP contribution in [0.1, 0.15) is 33.3 Å². The largest absolute Gasteiger partial charge is 0.447 e. The highest BCUT2D eigenvalue weighted by Gasteiger charge is 2.19. The van der Waals surface area contributed by atoms with E-state index in [2.05, 4.69) is 4.98 Å². The maximum absolute atomic E-state index is 11.9. The van der Waals surface area contributed by atoms with Gasteiger partial charge in [0.25, 0.3) is 0 Å². The number of ether oxygens (including phenoxy) is 1. The Kier molecular flexibility index (Phi) is 4.94. The third-order valence-electron chi connectivity index (χ3n) is 2.30.